The summed E-state index contributed by atoms with van der Waals surface area (Å²) in [4.78, 5) is 15.6. The van der Waals surface area contributed by atoms with Crippen LogP contribution in [0, 0.1) is 0 Å². The van der Waals surface area contributed by atoms with Crippen molar-refractivity contribution in [1.82, 2.24) is 10.1 Å². The first-order chi connectivity index (χ1) is 7.74. The quantitative estimate of drug-likeness (QED) is 0.774. The van der Waals surface area contributed by atoms with Gasteiger partial charge >= 0.3 is 5.76 Å². The molecule has 5 nitrogen and oxygen atoms in total. The number of H-pyrrole nitrogens is 1. The van der Waals surface area contributed by atoms with Gasteiger partial charge < -0.3 is 4.90 Å². The third kappa shape index (κ3) is 1.32. The van der Waals surface area contributed by atoms with Crippen LogP contribution in [0.3, 0.4) is 0 Å². The van der Waals surface area contributed by atoms with Gasteiger partial charge in [0.1, 0.15) is 0 Å². The minimum absolute atomic E-state index is 0.488. The summed E-state index contributed by atoms with van der Waals surface area (Å²) < 4.78 is 4.49. The molecule has 16 heavy (non-hydrogen) atoms. The lowest BCUT2D eigenvalue weighted by Gasteiger charge is -2.11. The third-order valence-corrected chi connectivity index (χ3v) is 2.92. The molecule has 1 aromatic carbocycles. The van der Waals surface area contributed by atoms with Crippen LogP contribution in [0.2, 0.25) is 0 Å². The lowest BCUT2D eigenvalue weighted by atomic mass is 10.1. The van der Waals surface area contributed by atoms with Crippen LogP contribution in [0.15, 0.2) is 27.5 Å². The SMILES string of the molecule is CN1CCc2cc(-c3noc(=O)[nH]3)ccc21. The average Bonchev–Trinajstić information content (AvgIpc) is 2.86. The molecule has 3 rings (SSSR count). The molecule has 2 heterocycles. The van der Waals surface area contributed by atoms with Gasteiger partial charge in [0.15, 0.2) is 5.82 Å². The molecule has 1 aliphatic heterocycles. The number of hydrogen-bond acceptors (Lipinski definition) is 4. The number of fused-ring (bicyclic) bond motifs is 1. The van der Waals surface area contributed by atoms with E-state index in [2.05, 4.69) is 26.6 Å². The smallest absolute Gasteiger partial charge is 0.374 e. The molecule has 0 bridgehead atoms. The van der Waals surface area contributed by atoms with Crippen LogP contribution >= 0.6 is 0 Å². The molecule has 5 heteroatoms. The van der Waals surface area contributed by atoms with Crippen molar-refractivity contribution in [2.45, 2.75) is 6.42 Å². The molecule has 82 valence electrons. The number of likely N-dealkylation sites (N-methyl/N-ethyl adjacent to an activating group) is 1. The summed E-state index contributed by atoms with van der Waals surface area (Å²) in [6, 6.07) is 6.03. The molecular weight excluding hydrogens is 206 g/mol. The van der Waals surface area contributed by atoms with Gasteiger partial charge in [-0.25, -0.2) is 4.79 Å². The second kappa shape index (κ2) is 3.23. The highest BCUT2D eigenvalue weighted by atomic mass is 16.5. The van der Waals surface area contributed by atoms with Crippen LogP contribution in [0.25, 0.3) is 11.4 Å². The van der Waals surface area contributed by atoms with Gasteiger partial charge in [0.05, 0.1) is 0 Å². The largest absolute Gasteiger partial charge is 0.439 e. The molecule has 0 radical (unpaired) electrons. The van der Waals surface area contributed by atoms with E-state index in [9.17, 15) is 4.79 Å². The molecule has 0 aliphatic carbocycles. The molecule has 1 aromatic heterocycles. The van der Waals surface area contributed by atoms with Crippen molar-refractivity contribution < 1.29 is 4.52 Å². The second-order valence-electron chi connectivity index (χ2n) is 3.96. The monoisotopic (exact) mass is 217 g/mol. The van der Waals surface area contributed by atoms with Crippen LogP contribution in [0.4, 0.5) is 5.69 Å². The standard InChI is InChI=1S/C11H11N3O2/c1-14-5-4-7-6-8(2-3-9(7)14)10-12-11(15)16-13-10/h2-3,6H,4-5H2,1H3,(H,12,13,15). The van der Waals surface area contributed by atoms with Crippen LogP contribution in [-0.4, -0.2) is 23.7 Å². The van der Waals surface area contributed by atoms with Gasteiger partial charge in [-0.05, 0) is 30.2 Å². The van der Waals surface area contributed by atoms with Crippen LogP contribution in [0.1, 0.15) is 5.56 Å². The summed E-state index contributed by atoms with van der Waals surface area (Å²) in [5.41, 5.74) is 3.42. The van der Waals surface area contributed by atoms with Crippen molar-refractivity contribution >= 4 is 5.69 Å². The summed E-state index contributed by atoms with van der Waals surface area (Å²) in [5, 5.41) is 3.67. The summed E-state index contributed by atoms with van der Waals surface area (Å²) >= 11 is 0. The predicted molar refractivity (Wildman–Crippen MR) is 59.5 cm³/mol. The van der Waals surface area contributed by atoms with Gasteiger partial charge in [-0.3, -0.25) is 9.51 Å². The van der Waals surface area contributed by atoms with Gasteiger partial charge in [-0.1, -0.05) is 5.16 Å². The van der Waals surface area contributed by atoms with Crippen molar-refractivity contribution in [2.75, 3.05) is 18.5 Å². The maximum Gasteiger partial charge on any atom is 0.439 e. The van der Waals surface area contributed by atoms with E-state index in [1.165, 1.54) is 11.3 Å². The predicted octanol–water partition coefficient (Wildman–Crippen LogP) is 1.02. The third-order valence-electron chi connectivity index (χ3n) is 2.92. The Morgan fingerprint density at radius 2 is 2.38 bits per heavy atom. The van der Waals surface area contributed by atoms with Crippen molar-refractivity contribution in [2.24, 2.45) is 0 Å². The van der Waals surface area contributed by atoms with E-state index >= 15 is 0 Å². The lowest BCUT2D eigenvalue weighted by Crippen LogP contribution is -2.12. The molecule has 2 aromatic rings. The van der Waals surface area contributed by atoms with E-state index < -0.39 is 5.76 Å². The molecule has 0 saturated carbocycles. The molecule has 0 unspecified atom stereocenters. The molecular formula is C11H11N3O2. The minimum atomic E-state index is -0.521. The molecule has 0 amide bonds. The van der Waals surface area contributed by atoms with Gasteiger partial charge in [0.25, 0.3) is 0 Å². The van der Waals surface area contributed by atoms with E-state index in [1.807, 2.05) is 18.2 Å². The number of aromatic nitrogens is 2. The van der Waals surface area contributed by atoms with Gasteiger partial charge in [-0.2, -0.15) is 0 Å². The van der Waals surface area contributed by atoms with Crippen molar-refractivity contribution in [3.8, 4) is 11.4 Å². The normalized spacial score (nSPS) is 14.2. The van der Waals surface area contributed by atoms with Crippen LogP contribution in [-0.2, 0) is 6.42 Å². The topological polar surface area (TPSA) is 62.1 Å². The van der Waals surface area contributed by atoms with E-state index in [0.29, 0.717) is 5.82 Å². The zero-order chi connectivity index (χ0) is 11.1. The van der Waals surface area contributed by atoms with Crippen LogP contribution in [0.5, 0.6) is 0 Å². The number of nitrogens with zero attached hydrogens (tertiary/aromatic N) is 2. The Morgan fingerprint density at radius 3 is 3.12 bits per heavy atom. The minimum Gasteiger partial charge on any atom is -0.374 e. The molecule has 1 aliphatic rings. The second-order valence-corrected chi connectivity index (χ2v) is 3.96. The Bertz CT molecular complexity index is 585. The Kier molecular flexibility index (Phi) is 1.86. The Labute approximate surface area is 91.7 Å². The lowest BCUT2D eigenvalue weighted by molar-refractivity contribution is 0.388. The highest BCUT2D eigenvalue weighted by molar-refractivity contribution is 5.66. The summed E-state index contributed by atoms with van der Waals surface area (Å²) in [6.45, 7) is 1.04. The first-order valence-electron chi connectivity index (χ1n) is 5.14. The van der Waals surface area contributed by atoms with E-state index in [1.54, 1.807) is 0 Å². The molecule has 1 N–H and O–H groups in total. The first-order valence-corrected chi connectivity index (χ1v) is 5.14. The van der Waals surface area contributed by atoms with E-state index in [4.69, 9.17) is 0 Å². The fourth-order valence-corrected chi connectivity index (χ4v) is 2.07. The average molecular weight is 217 g/mol. The molecule has 0 saturated heterocycles. The number of anilines is 1. The van der Waals surface area contributed by atoms with Gasteiger partial charge in [0, 0.05) is 24.8 Å². The molecule has 0 fully saturated rings. The number of hydrogen-bond donors (Lipinski definition) is 1. The summed E-state index contributed by atoms with van der Waals surface area (Å²) in [7, 11) is 2.07. The molecule has 0 atom stereocenters. The Morgan fingerprint density at radius 1 is 1.50 bits per heavy atom. The number of nitrogens with one attached hydrogen (secondary N) is 1. The number of aromatic amines is 1. The van der Waals surface area contributed by atoms with Gasteiger partial charge in [0.2, 0.25) is 0 Å². The Hall–Kier alpha value is -2.04. The number of rotatable bonds is 1. The zero-order valence-corrected chi connectivity index (χ0v) is 8.86. The summed E-state index contributed by atoms with van der Waals surface area (Å²) in [5.74, 6) is -0.0324. The molecule has 0 spiro atoms. The highest BCUT2D eigenvalue weighted by Crippen LogP contribution is 2.29. The van der Waals surface area contributed by atoms with Crippen molar-refractivity contribution in [3.05, 3.63) is 34.3 Å². The zero-order valence-electron chi connectivity index (χ0n) is 8.86. The summed E-state index contributed by atoms with van der Waals surface area (Å²) in [6.07, 6.45) is 1.03. The van der Waals surface area contributed by atoms with E-state index in [0.717, 1.165) is 18.5 Å². The maximum atomic E-state index is 10.9. The first kappa shape index (κ1) is 9.21. The van der Waals surface area contributed by atoms with E-state index in [-0.39, 0.29) is 0 Å². The highest BCUT2D eigenvalue weighted by Gasteiger charge is 2.16. The fraction of sp³-hybridized carbons (Fsp3) is 0.273. The maximum absolute atomic E-state index is 10.9. The van der Waals surface area contributed by atoms with Gasteiger partial charge in [-0.15, -0.1) is 0 Å². The van der Waals surface area contributed by atoms with Crippen molar-refractivity contribution in [3.63, 3.8) is 0 Å². The Balaban J connectivity index is 2.08. The van der Waals surface area contributed by atoms with Crippen molar-refractivity contribution in [1.29, 1.82) is 0 Å². The van der Waals surface area contributed by atoms with Crippen LogP contribution < -0.4 is 10.7 Å². The fourth-order valence-electron chi connectivity index (χ4n) is 2.07. The number of benzene rings is 1.